The Labute approximate surface area is 182 Å². The number of pyridine rings is 2. The van der Waals surface area contributed by atoms with Crippen LogP contribution in [-0.4, -0.2) is 27.2 Å². The zero-order valence-electron chi connectivity index (χ0n) is 17.7. The number of hydrogen-bond donors (Lipinski definition) is 1. The maximum atomic E-state index is 14.7. The van der Waals surface area contributed by atoms with Crippen LogP contribution in [0.4, 0.5) is 4.39 Å². The Hall–Kier alpha value is -3.10. The molecule has 7 nitrogen and oxygen atoms in total. The lowest BCUT2D eigenvalue weighted by Gasteiger charge is -2.25. The number of aliphatic hydroxyl groups excluding tert-OH is 1. The summed E-state index contributed by atoms with van der Waals surface area (Å²) in [7, 11) is 0. The van der Waals surface area contributed by atoms with E-state index in [4.69, 9.17) is 14.5 Å². The van der Waals surface area contributed by atoms with Crippen LogP contribution in [0.1, 0.15) is 59.1 Å². The fourth-order valence-corrected chi connectivity index (χ4v) is 5.43. The predicted octanol–water partition coefficient (Wildman–Crippen LogP) is 2.99. The average molecular weight is 436 g/mol. The summed E-state index contributed by atoms with van der Waals surface area (Å²) in [6, 6.07) is 3.07. The summed E-state index contributed by atoms with van der Waals surface area (Å²) in [6.07, 6.45) is 0.207. The van der Waals surface area contributed by atoms with Crippen molar-refractivity contribution in [3.63, 3.8) is 0 Å². The lowest BCUT2D eigenvalue weighted by atomic mass is 9.84. The van der Waals surface area contributed by atoms with Crippen LogP contribution >= 0.6 is 0 Å². The summed E-state index contributed by atoms with van der Waals surface area (Å²) in [5.74, 6) is -1.08. The van der Waals surface area contributed by atoms with Gasteiger partial charge in [-0.1, -0.05) is 0 Å². The second kappa shape index (κ2) is 6.70. The molecule has 2 unspecified atom stereocenters. The molecule has 2 aliphatic heterocycles. The molecule has 0 spiro atoms. The van der Waals surface area contributed by atoms with E-state index in [1.807, 2.05) is 6.92 Å². The molecule has 0 amide bonds. The molecule has 0 fully saturated rings. The highest BCUT2D eigenvalue weighted by Gasteiger charge is 2.40. The van der Waals surface area contributed by atoms with E-state index in [1.165, 1.54) is 10.6 Å². The molecule has 4 heterocycles. The number of esters is 1. The van der Waals surface area contributed by atoms with Crippen molar-refractivity contribution in [1.82, 2.24) is 9.55 Å². The van der Waals surface area contributed by atoms with Crippen LogP contribution in [0, 0.1) is 12.7 Å². The topological polar surface area (TPSA) is 90.6 Å². The van der Waals surface area contributed by atoms with Crippen LogP contribution in [0.3, 0.4) is 0 Å². The molecule has 32 heavy (non-hydrogen) atoms. The molecule has 6 rings (SSSR count). The number of aromatic nitrogens is 2. The molecule has 1 aromatic carbocycles. The fraction of sp³-hybridized carbons (Fsp3) is 0.375. The fourth-order valence-electron chi connectivity index (χ4n) is 5.43. The smallest absolute Gasteiger partial charge is 0.340 e. The van der Waals surface area contributed by atoms with E-state index in [-0.39, 0.29) is 29.1 Å². The third kappa shape index (κ3) is 2.39. The number of rotatable bonds is 2. The van der Waals surface area contributed by atoms with Crippen LogP contribution in [0.15, 0.2) is 16.9 Å². The summed E-state index contributed by atoms with van der Waals surface area (Å²) in [5.41, 5.74) is 5.06. The van der Waals surface area contributed by atoms with Gasteiger partial charge in [-0.25, -0.2) is 14.2 Å². The highest BCUT2D eigenvalue weighted by molar-refractivity contribution is 5.92. The third-order valence-electron chi connectivity index (χ3n) is 6.90. The molecule has 0 saturated heterocycles. The minimum atomic E-state index is -1.53. The second-order valence-corrected chi connectivity index (χ2v) is 8.52. The molecule has 2 aromatic heterocycles. The van der Waals surface area contributed by atoms with Gasteiger partial charge in [-0.2, -0.15) is 0 Å². The van der Waals surface area contributed by atoms with E-state index < -0.39 is 18.3 Å². The van der Waals surface area contributed by atoms with Crippen LogP contribution in [0.25, 0.3) is 22.3 Å². The Balaban J connectivity index is 1.73. The first-order chi connectivity index (χ1) is 15.4. The summed E-state index contributed by atoms with van der Waals surface area (Å²) in [4.78, 5) is 30.2. The number of aryl methyl sites for hydroxylation is 2. The predicted molar refractivity (Wildman–Crippen MR) is 113 cm³/mol. The number of hydrogen-bond acceptors (Lipinski definition) is 6. The molecule has 3 aliphatic rings. The number of fused-ring (bicyclic) bond motifs is 5. The standard InChI is InChI=1S/C24H21FN2O5/c1-3-31-23-19-12-6-4-5-11-10(2)15(25)8-16(18(11)12)26-20(19)17-7-13-14(22(29)27(17)23)9-32-24(30)21(13)28/h7-8,21,23,28H,3-6,9H2,1-2H3. The van der Waals surface area contributed by atoms with Crippen molar-refractivity contribution in [3.05, 3.63) is 61.7 Å². The molecule has 1 N–H and O–H groups in total. The van der Waals surface area contributed by atoms with Gasteiger partial charge < -0.3 is 14.6 Å². The van der Waals surface area contributed by atoms with Gasteiger partial charge in [0.2, 0.25) is 0 Å². The van der Waals surface area contributed by atoms with Gasteiger partial charge in [0.25, 0.3) is 5.56 Å². The lowest BCUT2D eigenvalue weighted by molar-refractivity contribution is -0.157. The summed E-state index contributed by atoms with van der Waals surface area (Å²) in [5, 5.41) is 11.3. The number of ether oxygens (including phenoxy) is 2. The third-order valence-corrected chi connectivity index (χ3v) is 6.90. The molecule has 2 atom stereocenters. The molecule has 164 valence electrons. The Morgan fingerprint density at radius 3 is 2.81 bits per heavy atom. The highest BCUT2D eigenvalue weighted by Crippen LogP contribution is 2.46. The van der Waals surface area contributed by atoms with E-state index in [2.05, 4.69) is 0 Å². The molecule has 0 radical (unpaired) electrons. The van der Waals surface area contributed by atoms with Crippen molar-refractivity contribution in [2.45, 2.75) is 52.0 Å². The molecule has 0 saturated carbocycles. The lowest BCUT2D eigenvalue weighted by Crippen LogP contribution is -2.34. The maximum Gasteiger partial charge on any atom is 0.340 e. The minimum absolute atomic E-state index is 0.198. The van der Waals surface area contributed by atoms with Crippen molar-refractivity contribution < 1.29 is 23.8 Å². The number of aliphatic hydroxyl groups is 1. The van der Waals surface area contributed by atoms with Gasteiger partial charge in [-0.15, -0.1) is 0 Å². The van der Waals surface area contributed by atoms with Gasteiger partial charge in [0.05, 0.1) is 22.5 Å². The van der Waals surface area contributed by atoms with E-state index >= 15 is 0 Å². The Bertz CT molecular complexity index is 1410. The van der Waals surface area contributed by atoms with E-state index in [0.717, 1.165) is 41.3 Å². The van der Waals surface area contributed by atoms with Crippen molar-refractivity contribution in [1.29, 1.82) is 0 Å². The van der Waals surface area contributed by atoms with Gasteiger partial charge >= 0.3 is 5.97 Å². The van der Waals surface area contributed by atoms with Gasteiger partial charge in [-0.3, -0.25) is 9.36 Å². The summed E-state index contributed by atoms with van der Waals surface area (Å²) in [6.45, 7) is 3.82. The second-order valence-electron chi connectivity index (χ2n) is 8.52. The Morgan fingerprint density at radius 1 is 1.25 bits per heavy atom. The number of nitrogens with zero attached hydrogens (tertiary/aromatic N) is 2. The molecule has 3 aromatic rings. The summed E-state index contributed by atoms with van der Waals surface area (Å²) >= 11 is 0. The number of carbonyl (C=O) groups is 1. The molecular weight excluding hydrogens is 415 g/mol. The Kier molecular flexibility index (Phi) is 4.10. The quantitative estimate of drug-likeness (QED) is 0.621. The largest absolute Gasteiger partial charge is 0.458 e. The molecular formula is C24H21FN2O5. The molecule has 0 bridgehead atoms. The van der Waals surface area contributed by atoms with Crippen molar-refractivity contribution in [3.8, 4) is 11.4 Å². The van der Waals surface area contributed by atoms with Crippen molar-refractivity contribution in [2.24, 2.45) is 0 Å². The van der Waals surface area contributed by atoms with Gasteiger partial charge in [0, 0.05) is 29.2 Å². The average Bonchev–Trinajstić information content (AvgIpc) is 3.09. The monoisotopic (exact) mass is 436 g/mol. The zero-order chi connectivity index (χ0) is 22.3. The number of halogens is 1. The van der Waals surface area contributed by atoms with Crippen LogP contribution < -0.4 is 5.56 Å². The van der Waals surface area contributed by atoms with Crippen molar-refractivity contribution >= 4 is 16.9 Å². The molecule has 1 aliphatic carbocycles. The maximum absolute atomic E-state index is 14.7. The highest BCUT2D eigenvalue weighted by atomic mass is 19.1. The van der Waals surface area contributed by atoms with E-state index in [0.29, 0.717) is 29.1 Å². The number of benzene rings is 1. The first-order valence-electron chi connectivity index (χ1n) is 10.8. The van der Waals surface area contributed by atoms with Gasteiger partial charge in [0.1, 0.15) is 12.4 Å². The summed E-state index contributed by atoms with van der Waals surface area (Å²) < 4.78 is 27.3. The van der Waals surface area contributed by atoms with Crippen molar-refractivity contribution in [2.75, 3.05) is 6.61 Å². The van der Waals surface area contributed by atoms with Gasteiger partial charge in [0.15, 0.2) is 12.3 Å². The first-order valence-corrected chi connectivity index (χ1v) is 10.8. The van der Waals surface area contributed by atoms with E-state index in [1.54, 1.807) is 13.0 Å². The van der Waals surface area contributed by atoms with Crippen LogP contribution in [0.2, 0.25) is 0 Å². The Morgan fingerprint density at radius 2 is 2.03 bits per heavy atom. The minimum Gasteiger partial charge on any atom is -0.458 e. The number of carbonyl (C=O) groups excluding carboxylic acids is 1. The van der Waals surface area contributed by atoms with Crippen LogP contribution in [0.5, 0.6) is 0 Å². The first kappa shape index (κ1) is 19.6. The normalized spacial score (nSPS) is 20.7. The molecule has 8 heteroatoms. The van der Waals surface area contributed by atoms with Crippen LogP contribution in [-0.2, 0) is 33.7 Å². The number of cyclic esters (lactones) is 1. The van der Waals surface area contributed by atoms with E-state index in [9.17, 15) is 19.1 Å². The van der Waals surface area contributed by atoms with Gasteiger partial charge in [-0.05, 0) is 55.9 Å². The zero-order valence-corrected chi connectivity index (χ0v) is 17.7. The SMILES string of the molecule is CCOC1c2c(nc3cc(F)c(C)c4c3c2CCC4)-c2cc3c(c(=O)n21)COC(=O)C3O.